The van der Waals surface area contributed by atoms with Gasteiger partial charge < -0.3 is 10.1 Å². The fourth-order valence-corrected chi connectivity index (χ4v) is 2.31. The van der Waals surface area contributed by atoms with Crippen LogP contribution in [0.25, 0.3) is 0 Å². The molecule has 26 heavy (non-hydrogen) atoms. The summed E-state index contributed by atoms with van der Waals surface area (Å²) in [5.74, 6) is -1.06. The molecule has 0 saturated heterocycles. The number of carbonyl (C=O) groups excluding carboxylic acids is 2. The van der Waals surface area contributed by atoms with Crippen LogP contribution >= 0.6 is 0 Å². The maximum Gasteiger partial charge on any atom is 0.338 e. The van der Waals surface area contributed by atoms with Crippen LogP contribution in [0.1, 0.15) is 49.2 Å². The molecule has 0 unspecified atom stereocenters. The SMILES string of the molecule is C[C@H](OC(=O)c1ccc(C(C)(C)C)cc1)C(=O)Nc1ccccc1C#N. The molecule has 0 radical (unpaired) electrons. The van der Waals surface area contributed by atoms with Crippen molar-refractivity contribution in [2.75, 3.05) is 5.32 Å². The summed E-state index contributed by atoms with van der Waals surface area (Å²) in [5.41, 5.74) is 2.21. The van der Waals surface area contributed by atoms with E-state index in [2.05, 4.69) is 26.1 Å². The molecule has 5 nitrogen and oxygen atoms in total. The fraction of sp³-hybridized carbons (Fsp3) is 0.286. The zero-order valence-electron chi connectivity index (χ0n) is 15.4. The van der Waals surface area contributed by atoms with Gasteiger partial charge in [-0.25, -0.2) is 4.79 Å². The Bertz CT molecular complexity index is 843. The Labute approximate surface area is 153 Å². The lowest BCUT2D eigenvalue weighted by Crippen LogP contribution is -2.30. The van der Waals surface area contributed by atoms with E-state index in [0.29, 0.717) is 16.8 Å². The molecule has 1 atom stereocenters. The van der Waals surface area contributed by atoms with E-state index < -0.39 is 18.0 Å². The second kappa shape index (κ2) is 7.83. The Hall–Kier alpha value is -3.13. The summed E-state index contributed by atoms with van der Waals surface area (Å²) < 4.78 is 5.24. The summed E-state index contributed by atoms with van der Waals surface area (Å²) in [4.78, 5) is 24.5. The molecule has 5 heteroatoms. The summed E-state index contributed by atoms with van der Waals surface area (Å²) in [7, 11) is 0. The quantitative estimate of drug-likeness (QED) is 0.844. The maximum atomic E-state index is 12.2. The molecule has 2 rings (SSSR count). The summed E-state index contributed by atoms with van der Waals surface area (Å²) >= 11 is 0. The minimum atomic E-state index is -0.989. The van der Waals surface area contributed by atoms with E-state index >= 15 is 0 Å². The molecule has 2 aromatic carbocycles. The largest absolute Gasteiger partial charge is 0.449 e. The number of amides is 1. The van der Waals surface area contributed by atoms with Gasteiger partial charge in [-0.05, 0) is 42.2 Å². The molecule has 0 aliphatic rings. The van der Waals surface area contributed by atoms with E-state index in [0.717, 1.165) is 5.56 Å². The summed E-state index contributed by atoms with van der Waals surface area (Å²) in [6.07, 6.45) is -0.989. The van der Waals surface area contributed by atoms with Gasteiger partial charge in [-0.1, -0.05) is 45.0 Å². The van der Waals surface area contributed by atoms with Gasteiger partial charge in [-0.3, -0.25) is 4.79 Å². The average Bonchev–Trinajstić information content (AvgIpc) is 2.61. The monoisotopic (exact) mass is 350 g/mol. The van der Waals surface area contributed by atoms with Gasteiger partial charge in [0, 0.05) is 0 Å². The third-order valence-electron chi connectivity index (χ3n) is 3.95. The minimum Gasteiger partial charge on any atom is -0.449 e. The molecule has 0 heterocycles. The Morgan fingerprint density at radius 3 is 2.27 bits per heavy atom. The van der Waals surface area contributed by atoms with Gasteiger partial charge in [0.05, 0.1) is 16.8 Å². The highest BCUT2D eigenvalue weighted by atomic mass is 16.5. The van der Waals surface area contributed by atoms with Crippen molar-refractivity contribution in [3.8, 4) is 6.07 Å². The van der Waals surface area contributed by atoms with Crippen molar-refractivity contribution in [3.63, 3.8) is 0 Å². The van der Waals surface area contributed by atoms with Gasteiger partial charge in [0.15, 0.2) is 6.10 Å². The molecule has 0 aromatic heterocycles. The van der Waals surface area contributed by atoms with Crippen LogP contribution in [0.5, 0.6) is 0 Å². The zero-order valence-corrected chi connectivity index (χ0v) is 15.4. The van der Waals surface area contributed by atoms with E-state index in [1.54, 1.807) is 36.4 Å². The zero-order chi connectivity index (χ0) is 19.3. The lowest BCUT2D eigenvalue weighted by Gasteiger charge is -2.19. The van der Waals surface area contributed by atoms with E-state index in [1.165, 1.54) is 6.92 Å². The number of nitriles is 1. The van der Waals surface area contributed by atoms with Crippen LogP contribution in [-0.4, -0.2) is 18.0 Å². The number of hydrogen-bond acceptors (Lipinski definition) is 4. The molecular formula is C21H22N2O3. The van der Waals surface area contributed by atoms with Crippen LogP contribution in [0, 0.1) is 11.3 Å². The molecule has 0 saturated carbocycles. The van der Waals surface area contributed by atoms with E-state index in [9.17, 15) is 9.59 Å². The second-order valence-corrected chi connectivity index (χ2v) is 7.02. The Kier molecular flexibility index (Phi) is 5.78. The van der Waals surface area contributed by atoms with Crippen molar-refractivity contribution in [1.82, 2.24) is 0 Å². The summed E-state index contributed by atoms with van der Waals surface area (Å²) in [5, 5.41) is 11.7. The number of benzene rings is 2. The number of carbonyl (C=O) groups is 2. The maximum absolute atomic E-state index is 12.2. The lowest BCUT2D eigenvalue weighted by atomic mass is 9.87. The van der Waals surface area contributed by atoms with Crippen molar-refractivity contribution in [2.24, 2.45) is 0 Å². The van der Waals surface area contributed by atoms with Crippen LogP contribution < -0.4 is 5.32 Å². The van der Waals surface area contributed by atoms with Gasteiger partial charge in [0.2, 0.25) is 0 Å². The average molecular weight is 350 g/mol. The van der Waals surface area contributed by atoms with Crippen LogP contribution in [0.2, 0.25) is 0 Å². The van der Waals surface area contributed by atoms with Crippen molar-refractivity contribution in [2.45, 2.75) is 39.2 Å². The number of para-hydroxylation sites is 1. The van der Waals surface area contributed by atoms with Gasteiger partial charge in [-0.15, -0.1) is 0 Å². The van der Waals surface area contributed by atoms with Gasteiger partial charge in [-0.2, -0.15) is 5.26 Å². The highest BCUT2D eigenvalue weighted by molar-refractivity contribution is 5.98. The highest BCUT2D eigenvalue weighted by Crippen LogP contribution is 2.22. The number of rotatable bonds is 4. The molecule has 0 aliphatic heterocycles. The fourth-order valence-electron chi connectivity index (χ4n) is 2.31. The molecule has 0 fully saturated rings. The van der Waals surface area contributed by atoms with Gasteiger partial charge >= 0.3 is 5.97 Å². The number of anilines is 1. The van der Waals surface area contributed by atoms with Crippen molar-refractivity contribution >= 4 is 17.6 Å². The Morgan fingerprint density at radius 2 is 1.69 bits per heavy atom. The third-order valence-corrected chi connectivity index (χ3v) is 3.95. The molecule has 1 N–H and O–H groups in total. The second-order valence-electron chi connectivity index (χ2n) is 7.02. The molecule has 0 spiro atoms. The molecule has 0 aliphatic carbocycles. The van der Waals surface area contributed by atoms with Crippen LogP contribution in [0.15, 0.2) is 48.5 Å². The molecule has 134 valence electrons. The first-order chi connectivity index (χ1) is 12.2. The van der Waals surface area contributed by atoms with E-state index in [-0.39, 0.29) is 5.41 Å². The third kappa shape index (κ3) is 4.70. The number of nitrogens with zero attached hydrogens (tertiary/aromatic N) is 1. The predicted molar refractivity (Wildman–Crippen MR) is 99.8 cm³/mol. The van der Waals surface area contributed by atoms with Crippen LogP contribution in [-0.2, 0) is 14.9 Å². The number of esters is 1. The van der Waals surface area contributed by atoms with E-state index in [4.69, 9.17) is 10.00 Å². The van der Waals surface area contributed by atoms with Crippen LogP contribution in [0.3, 0.4) is 0 Å². The summed E-state index contributed by atoms with van der Waals surface area (Å²) in [6, 6.07) is 15.8. The highest BCUT2D eigenvalue weighted by Gasteiger charge is 2.20. The predicted octanol–water partition coefficient (Wildman–Crippen LogP) is 4.04. The minimum absolute atomic E-state index is 0.0102. The smallest absolute Gasteiger partial charge is 0.338 e. The Morgan fingerprint density at radius 1 is 1.08 bits per heavy atom. The number of nitrogens with one attached hydrogen (secondary N) is 1. The number of hydrogen-bond donors (Lipinski definition) is 1. The Balaban J connectivity index is 2.02. The van der Waals surface area contributed by atoms with Crippen molar-refractivity contribution in [3.05, 3.63) is 65.2 Å². The standard InChI is InChI=1S/C21H22N2O3/c1-14(19(24)23-18-8-6-5-7-16(18)13-22)26-20(25)15-9-11-17(12-10-15)21(2,3)4/h5-12,14H,1-4H3,(H,23,24)/t14-/m0/s1. The van der Waals surface area contributed by atoms with E-state index in [1.807, 2.05) is 18.2 Å². The first-order valence-corrected chi connectivity index (χ1v) is 8.34. The molecule has 1 amide bonds. The normalized spacial score (nSPS) is 12.0. The number of ether oxygens (including phenoxy) is 1. The van der Waals surface area contributed by atoms with Crippen molar-refractivity contribution in [1.29, 1.82) is 5.26 Å². The van der Waals surface area contributed by atoms with Gasteiger partial charge in [0.25, 0.3) is 5.91 Å². The van der Waals surface area contributed by atoms with Crippen molar-refractivity contribution < 1.29 is 14.3 Å². The molecule has 2 aromatic rings. The lowest BCUT2D eigenvalue weighted by molar-refractivity contribution is -0.123. The molecular weight excluding hydrogens is 328 g/mol. The van der Waals surface area contributed by atoms with Gasteiger partial charge in [0.1, 0.15) is 6.07 Å². The first-order valence-electron chi connectivity index (χ1n) is 8.34. The first kappa shape index (κ1) is 19.2. The molecule has 0 bridgehead atoms. The summed E-state index contributed by atoms with van der Waals surface area (Å²) in [6.45, 7) is 7.76. The topological polar surface area (TPSA) is 79.2 Å². The van der Waals surface area contributed by atoms with Crippen LogP contribution in [0.4, 0.5) is 5.69 Å².